The number of rotatable bonds is 1. The average Bonchev–Trinajstić information content (AvgIpc) is 2.02. The summed E-state index contributed by atoms with van der Waals surface area (Å²) in [5, 5.41) is 0. The van der Waals surface area contributed by atoms with Gasteiger partial charge in [0.1, 0.15) is 0 Å². The van der Waals surface area contributed by atoms with Crippen LogP contribution in [0.3, 0.4) is 0 Å². The molecule has 0 heteroatoms. The highest BCUT2D eigenvalue weighted by molar-refractivity contribution is 5.01. The smallest absolute Gasteiger partial charge is 0.0287 e. The molecule has 4 aliphatic carbocycles. The lowest BCUT2D eigenvalue weighted by Crippen LogP contribution is -2.45. The normalized spacial score (nSPS) is 56.2. The van der Waals surface area contributed by atoms with Gasteiger partial charge in [-0.3, -0.25) is 0 Å². The minimum atomic E-state index is 0.620. The van der Waals surface area contributed by atoms with Crippen molar-refractivity contribution >= 4 is 0 Å². The maximum atomic E-state index is 5.93. The Labute approximate surface area is 75.7 Å². The van der Waals surface area contributed by atoms with Crippen molar-refractivity contribution in [2.24, 2.45) is 23.2 Å². The predicted molar refractivity (Wildman–Crippen MR) is 49.5 cm³/mol. The quantitative estimate of drug-likeness (QED) is 0.555. The molecule has 0 nitrogen and oxygen atoms in total. The molecule has 0 heterocycles. The van der Waals surface area contributed by atoms with Crippen LogP contribution in [0.1, 0.15) is 44.9 Å². The third-order valence-electron chi connectivity index (χ3n) is 4.60. The van der Waals surface area contributed by atoms with Crippen LogP contribution in [-0.4, -0.2) is 0 Å². The summed E-state index contributed by atoms with van der Waals surface area (Å²) in [6.45, 7) is 5.93. The van der Waals surface area contributed by atoms with Crippen molar-refractivity contribution < 1.29 is 0 Å². The molecule has 0 spiro atoms. The van der Waals surface area contributed by atoms with Gasteiger partial charge in [0.25, 0.3) is 0 Å². The molecule has 0 unspecified atom stereocenters. The van der Waals surface area contributed by atoms with E-state index in [4.69, 9.17) is 6.92 Å². The zero-order valence-corrected chi connectivity index (χ0v) is 7.76. The first-order valence-corrected chi connectivity index (χ1v) is 5.50. The number of hydrogen-bond acceptors (Lipinski definition) is 0. The second-order valence-electron chi connectivity index (χ2n) is 5.62. The summed E-state index contributed by atoms with van der Waals surface area (Å²) in [7, 11) is 0. The van der Waals surface area contributed by atoms with Gasteiger partial charge in [-0.2, -0.15) is 0 Å². The molecule has 4 fully saturated rings. The van der Waals surface area contributed by atoms with Gasteiger partial charge in [0, 0.05) is 0 Å². The zero-order valence-electron chi connectivity index (χ0n) is 7.76. The summed E-state index contributed by atoms with van der Waals surface area (Å²) in [6, 6.07) is 0. The molecule has 0 aromatic rings. The van der Waals surface area contributed by atoms with Gasteiger partial charge in [-0.05, 0) is 75.0 Å². The summed E-state index contributed by atoms with van der Waals surface area (Å²) in [6.07, 6.45) is 9.99. The van der Waals surface area contributed by atoms with Crippen LogP contribution in [0.15, 0.2) is 0 Å². The topological polar surface area (TPSA) is 0 Å². The van der Waals surface area contributed by atoms with Gasteiger partial charge in [-0.1, -0.05) is 0 Å². The first-order valence-electron chi connectivity index (χ1n) is 5.50. The second-order valence-corrected chi connectivity index (χ2v) is 5.62. The highest BCUT2D eigenvalue weighted by Crippen LogP contribution is 2.61. The maximum absolute atomic E-state index is 5.93. The lowest BCUT2D eigenvalue weighted by molar-refractivity contribution is -0.0510. The molecule has 0 saturated heterocycles. The van der Waals surface area contributed by atoms with Crippen molar-refractivity contribution in [2.45, 2.75) is 44.9 Å². The van der Waals surface area contributed by atoms with Crippen LogP contribution in [0.2, 0.25) is 0 Å². The molecule has 0 aromatic carbocycles. The molecular weight excluding hydrogens is 144 g/mol. The lowest BCUT2D eigenvalue weighted by Gasteiger charge is -2.56. The van der Waals surface area contributed by atoms with E-state index in [-0.39, 0.29) is 0 Å². The Kier molecular flexibility index (Phi) is 1.40. The summed E-state index contributed by atoms with van der Waals surface area (Å²) in [5.74, 6) is 3.21. The minimum absolute atomic E-state index is 0.620. The molecule has 0 aliphatic heterocycles. The highest BCUT2D eigenvalue weighted by atomic mass is 14.5. The van der Waals surface area contributed by atoms with E-state index in [0.29, 0.717) is 5.41 Å². The molecule has 4 bridgehead atoms. The van der Waals surface area contributed by atoms with Gasteiger partial charge in [0.05, 0.1) is 0 Å². The van der Waals surface area contributed by atoms with E-state index in [1.807, 2.05) is 0 Å². The lowest BCUT2D eigenvalue weighted by atomic mass is 9.49. The molecule has 4 saturated carbocycles. The summed E-state index contributed by atoms with van der Waals surface area (Å²) >= 11 is 0. The van der Waals surface area contributed by atoms with E-state index in [9.17, 15) is 0 Å². The van der Waals surface area contributed by atoms with Crippen LogP contribution in [0.5, 0.6) is 0 Å². The second kappa shape index (κ2) is 2.27. The van der Waals surface area contributed by atoms with Crippen LogP contribution in [0.4, 0.5) is 0 Å². The van der Waals surface area contributed by atoms with Crippen molar-refractivity contribution in [3.63, 3.8) is 0 Å². The van der Waals surface area contributed by atoms with E-state index in [2.05, 4.69) is 0 Å². The van der Waals surface area contributed by atoms with Crippen LogP contribution >= 0.6 is 0 Å². The Hall–Kier alpha value is 0. The Morgan fingerprint density at radius 2 is 1.33 bits per heavy atom. The minimum Gasteiger partial charge on any atom is -0.0475 e. The average molecular weight is 162 g/mol. The van der Waals surface area contributed by atoms with Crippen molar-refractivity contribution in [3.05, 3.63) is 6.92 Å². The Balaban J connectivity index is 1.90. The van der Waals surface area contributed by atoms with Crippen molar-refractivity contribution in [2.75, 3.05) is 0 Å². The van der Waals surface area contributed by atoms with E-state index in [1.165, 1.54) is 38.5 Å². The first kappa shape index (κ1) is 7.41. The largest absolute Gasteiger partial charge is 0.0475 e. The molecule has 4 aliphatic rings. The summed E-state index contributed by atoms with van der Waals surface area (Å²) in [4.78, 5) is 0. The summed E-state index contributed by atoms with van der Waals surface area (Å²) < 4.78 is 0. The standard InChI is InChI=1S/C12H18/c1-2-12-6-9-3-10(7-12)5-11(4-9)8-12/h1,9-11H,2-8H2. The molecule has 4 rings (SSSR count). The van der Waals surface area contributed by atoms with Gasteiger partial charge < -0.3 is 0 Å². The SMILES string of the molecule is [CH]CC12CC3CC(CC(C3)C1)C2. The molecule has 12 heavy (non-hydrogen) atoms. The highest BCUT2D eigenvalue weighted by Gasteiger charge is 2.49. The monoisotopic (exact) mass is 162 g/mol. The van der Waals surface area contributed by atoms with Crippen molar-refractivity contribution in [1.29, 1.82) is 0 Å². The first-order chi connectivity index (χ1) is 5.80. The van der Waals surface area contributed by atoms with Crippen LogP contribution in [-0.2, 0) is 0 Å². The van der Waals surface area contributed by atoms with Crippen molar-refractivity contribution in [1.82, 2.24) is 0 Å². The van der Waals surface area contributed by atoms with Gasteiger partial charge in [-0.15, -0.1) is 0 Å². The number of hydrogen-bond donors (Lipinski definition) is 0. The maximum Gasteiger partial charge on any atom is -0.0287 e. The fourth-order valence-electron chi connectivity index (χ4n) is 4.54. The Morgan fingerprint density at radius 3 is 1.67 bits per heavy atom. The third-order valence-corrected chi connectivity index (χ3v) is 4.60. The summed E-state index contributed by atoms with van der Waals surface area (Å²) in [5.41, 5.74) is 0.620. The van der Waals surface area contributed by atoms with E-state index >= 15 is 0 Å². The molecule has 2 radical (unpaired) electrons. The molecule has 0 N–H and O–H groups in total. The zero-order chi connectivity index (χ0) is 8.18. The molecule has 0 aromatic heterocycles. The van der Waals surface area contributed by atoms with Crippen LogP contribution < -0.4 is 0 Å². The Bertz CT molecular complexity index is 157. The van der Waals surface area contributed by atoms with E-state index in [0.717, 1.165) is 24.2 Å². The third kappa shape index (κ3) is 0.900. The van der Waals surface area contributed by atoms with Crippen LogP contribution in [0, 0.1) is 30.1 Å². The molecule has 66 valence electrons. The van der Waals surface area contributed by atoms with Gasteiger partial charge in [0.2, 0.25) is 0 Å². The fourth-order valence-corrected chi connectivity index (χ4v) is 4.54. The van der Waals surface area contributed by atoms with Gasteiger partial charge >= 0.3 is 0 Å². The molecule has 0 atom stereocenters. The molecule has 0 amide bonds. The van der Waals surface area contributed by atoms with Crippen molar-refractivity contribution in [3.8, 4) is 0 Å². The van der Waals surface area contributed by atoms with E-state index < -0.39 is 0 Å². The fraction of sp³-hybridized carbons (Fsp3) is 0.917. The van der Waals surface area contributed by atoms with Gasteiger partial charge in [-0.25, -0.2) is 0 Å². The molecular formula is C12H18. The Morgan fingerprint density at radius 1 is 0.917 bits per heavy atom. The predicted octanol–water partition coefficient (Wildman–Crippen LogP) is 3.30. The van der Waals surface area contributed by atoms with Crippen LogP contribution in [0.25, 0.3) is 0 Å². The van der Waals surface area contributed by atoms with E-state index in [1.54, 1.807) is 0 Å². The van der Waals surface area contributed by atoms with Gasteiger partial charge in [0.15, 0.2) is 0 Å².